The fraction of sp³-hybridized carbons (Fsp3) is 0.333. The van der Waals surface area contributed by atoms with Crippen LogP contribution >= 0.6 is 11.6 Å². The number of halogens is 1. The number of rotatable bonds is 6. The second-order valence-corrected chi connectivity index (χ2v) is 11.6. The summed E-state index contributed by atoms with van der Waals surface area (Å²) in [5.74, 6) is -0.915. The lowest BCUT2D eigenvalue weighted by Gasteiger charge is -2.44. The molecule has 0 radical (unpaired) electrons. The van der Waals surface area contributed by atoms with Crippen LogP contribution in [0.5, 0.6) is 0 Å². The van der Waals surface area contributed by atoms with Crippen molar-refractivity contribution in [2.24, 2.45) is 0 Å². The molecule has 0 bridgehead atoms. The molecule has 230 valence electrons. The molecule has 0 spiro atoms. The Morgan fingerprint density at radius 2 is 1.82 bits per heavy atom. The first-order valence-electron chi connectivity index (χ1n) is 14.1. The number of aromatic nitrogens is 4. The van der Waals surface area contributed by atoms with Crippen LogP contribution in [0, 0.1) is 6.92 Å². The number of carbonyl (C=O) groups excluding carboxylic acids is 1. The molecule has 10 nitrogen and oxygen atoms in total. The minimum atomic E-state index is -1.12. The lowest BCUT2D eigenvalue weighted by atomic mass is 10.0. The molecule has 1 N–H and O–H groups in total. The smallest absolute Gasteiger partial charge is 0.355 e. The highest BCUT2D eigenvalue weighted by molar-refractivity contribution is 6.34. The van der Waals surface area contributed by atoms with E-state index in [9.17, 15) is 19.5 Å². The minimum Gasteiger partial charge on any atom is -0.478 e. The Morgan fingerprint density at radius 1 is 1.11 bits per heavy atom. The summed E-state index contributed by atoms with van der Waals surface area (Å²) < 4.78 is 1.45. The monoisotopic (exact) mass is 616 g/mol. The van der Waals surface area contributed by atoms with Crippen molar-refractivity contribution in [1.82, 2.24) is 24.4 Å². The van der Waals surface area contributed by atoms with Crippen LogP contribution in [0.4, 0.5) is 5.82 Å². The van der Waals surface area contributed by atoms with Crippen molar-refractivity contribution in [2.75, 3.05) is 18.0 Å². The summed E-state index contributed by atoms with van der Waals surface area (Å²) in [6, 6.07) is 9.61. The van der Waals surface area contributed by atoms with Crippen molar-refractivity contribution in [3.63, 3.8) is 0 Å². The molecule has 1 aromatic carbocycles. The molecule has 4 heterocycles. The molecular weight excluding hydrogens is 580 g/mol. The van der Waals surface area contributed by atoms with Crippen LogP contribution in [-0.2, 0) is 4.79 Å². The van der Waals surface area contributed by atoms with Gasteiger partial charge in [0.15, 0.2) is 5.65 Å². The number of amides is 1. The highest BCUT2D eigenvalue weighted by atomic mass is 35.5. The number of benzene rings is 1. The summed E-state index contributed by atoms with van der Waals surface area (Å²) in [6.07, 6.45) is 3.01. The molecule has 0 aliphatic carbocycles. The number of piperazine rings is 1. The van der Waals surface area contributed by atoms with E-state index in [1.807, 2.05) is 45.6 Å². The molecule has 0 saturated carbocycles. The van der Waals surface area contributed by atoms with Gasteiger partial charge < -0.3 is 14.9 Å². The number of aromatic carboxylic acids is 1. The molecule has 5 rings (SSSR count). The number of nitrogens with zero attached hydrogens (tertiary/aromatic N) is 6. The number of anilines is 1. The van der Waals surface area contributed by atoms with E-state index in [0.717, 1.165) is 5.56 Å². The zero-order valence-corrected chi connectivity index (χ0v) is 25.5. The number of carboxylic acid groups (broad SMARTS) is 1. The Balaban J connectivity index is 0.00000442. The van der Waals surface area contributed by atoms with Gasteiger partial charge in [0, 0.05) is 36.9 Å². The maximum atomic E-state index is 14.1. The average Bonchev–Trinajstić information content (AvgIpc) is 2.97. The zero-order chi connectivity index (χ0) is 31.2. The topological polar surface area (TPSA) is 122 Å². The number of carbonyl (C=O) groups is 2. The van der Waals surface area contributed by atoms with Crippen molar-refractivity contribution in [2.45, 2.75) is 60.0 Å². The molecule has 1 saturated heterocycles. The van der Waals surface area contributed by atoms with E-state index in [4.69, 9.17) is 16.6 Å². The highest BCUT2D eigenvalue weighted by Crippen LogP contribution is 2.37. The molecule has 4 aromatic rings. The largest absolute Gasteiger partial charge is 0.478 e. The first kappa shape index (κ1) is 32.3. The van der Waals surface area contributed by atoms with Crippen molar-refractivity contribution < 1.29 is 14.7 Å². The second-order valence-electron chi connectivity index (χ2n) is 11.2. The summed E-state index contributed by atoms with van der Waals surface area (Å²) >= 11 is 6.86. The maximum absolute atomic E-state index is 14.1. The first-order valence-corrected chi connectivity index (χ1v) is 14.4. The van der Waals surface area contributed by atoms with Crippen LogP contribution in [0.2, 0.25) is 5.02 Å². The number of hydrogen-bond donors (Lipinski definition) is 1. The second kappa shape index (κ2) is 12.6. The summed E-state index contributed by atoms with van der Waals surface area (Å²) in [6.45, 7) is 14.2. The third-order valence-corrected chi connectivity index (χ3v) is 8.14. The predicted octanol–water partition coefficient (Wildman–Crippen LogP) is 5.87. The van der Waals surface area contributed by atoms with E-state index in [2.05, 4.69) is 16.5 Å². The molecule has 1 amide bonds. The molecule has 0 unspecified atom stereocenters. The fourth-order valence-electron chi connectivity index (χ4n) is 5.72. The van der Waals surface area contributed by atoms with Gasteiger partial charge >= 0.3 is 11.7 Å². The van der Waals surface area contributed by atoms with Gasteiger partial charge in [0.05, 0.1) is 33.0 Å². The average molecular weight is 617 g/mol. The van der Waals surface area contributed by atoms with Crippen LogP contribution in [0.25, 0.3) is 28.0 Å². The lowest BCUT2D eigenvalue weighted by molar-refractivity contribution is -0.128. The van der Waals surface area contributed by atoms with Gasteiger partial charge in [-0.2, -0.15) is 4.98 Å². The number of hydrogen-bond acceptors (Lipinski definition) is 7. The van der Waals surface area contributed by atoms with Gasteiger partial charge in [0.25, 0.3) is 0 Å². The van der Waals surface area contributed by atoms with Crippen LogP contribution in [0.1, 0.15) is 62.7 Å². The van der Waals surface area contributed by atoms with E-state index >= 15 is 0 Å². The summed E-state index contributed by atoms with van der Waals surface area (Å²) in [5, 5.41) is 10.6. The molecule has 3 aromatic heterocycles. The molecule has 1 aliphatic heterocycles. The van der Waals surface area contributed by atoms with Gasteiger partial charge in [0.2, 0.25) is 5.91 Å². The Bertz CT molecular complexity index is 1840. The summed E-state index contributed by atoms with van der Waals surface area (Å²) in [4.78, 5) is 56.5. The first-order chi connectivity index (χ1) is 20.4. The van der Waals surface area contributed by atoms with Crippen molar-refractivity contribution in [1.29, 1.82) is 0 Å². The Hall–Kier alpha value is -4.57. The Labute approximate surface area is 261 Å². The van der Waals surface area contributed by atoms with Gasteiger partial charge in [-0.25, -0.2) is 19.1 Å². The van der Waals surface area contributed by atoms with E-state index in [1.165, 1.54) is 16.7 Å². The molecular formula is C33H37ClN6O4. The SMILES string of the molecule is C.C=CC(=O)N1C[C@H](C)N(c2nc(=O)n(-c3c(C)ccnc3C(C)C)c3nc(-c4ccccc4C(=O)O)c(Cl)cc23)C[C@H]1C. The molecule has 44 heavy (non-hydrogen) atoms. The van der Waals surface area contributed by atoms with Gasteiger partial charge in [-0.1, -0.05) is 57.7 Å². The van der Waals surface area contributed by atoms with Crippen LogP contribution in [0.3, 0.4) is 0 Å². The van der Waals surface area contributed by atoms with Crippen molar-refractivity contribution in [3.8, 4) is 16.9 Å². The van der Waals surface area contributed by atoms with Gasteiger partial charge in [0.1, 0.15) is 5.82 Å². The van der Waals surface area contributed by atoms with Crippen LogP contribution in [0.15, 0.2) is 60.0 Å². The van der Waals surface area contributed by atoms with E-state index in [0.29, 0.717) is 41.2 Å². The number of aryl methyl sites for hydroxylation is 1. The standard InChI is InChI=1S/C32H33ClN6O4.CH4/c1-7-25(40)37-15-20(6)38(16-19(37)5)29-23-14-24(33)27(21-10-8-9-11-22(21)31(41)42)35-30(23)39(32(43)36-29)28-18(4)12-13-34-26(28)17(2)3;/h7-14,17,19-20H,1,15-16H2,2-6H3,(H,41,42);1H4/t19-,20+;/m1./s1. The van der Waals surface area contributed by atoms with Gasteiger partial charge in [-0.3, -0.25) is 9.78 Å². The van der Waals surface area contributed by atoms with E-state index < -0.39 is 11.7 Å². The molecule has 11 heteroatoms. The van der Waals surface area contributed by atoms with Gasteiger partial charge in [-0.15, -0.1) is 0 Å². The zero-order valence-electron chi connectivity index (χ0n) is 24.7. The fourth-order valence-corrected chi connectivity index (χ4v) is 5.98. The highest BCUT2D eigenvalue weighted by Gasteiger charge is 2.34. The quantitative estimate of drug-likeness (QED) is 0.267. The number of carboxylic acids is 1. The van der Waals surface area contributed by atoms with Crippen molar-refractivity contribution >= 4 is 40.3 Å². The minimum absolute atomic E-state index is 0. The van der Waals surface area contributed by atoms with Crippen molar-refractivity contribution in [3.05, 3.63) is 87.6 Å². The van der Waals surface area contributed by atoms with Crippen LogP contribution < -0.4 is 10.6 Å². The van der Waals surface area contributed by atoms with E-state index in [-0.39, 0.29) is 53.3 Å². The molecule has 2 atom stereocenters. The summed E-state index contributed by atoms with van der Waals surface area (Å²) in [5.41, 5.74) is 2.37. The predicted molar refractivity (Wildman–Crippen MR) is 174 cm³/mol. The van der Waals surface area contributed by atoms with Crippen LogP contribution in [-0.4, -0.2) is 66.6 Å². The number of pyridine rings is 2. The summed E-state index contributed by atoms with van der Waals surface area (Å²) in [7, 11) is 0. The molecule has 1 aliphatic rings. The third kappa shape index (κ3) is 5.57. The maximum Gasteiger partial charge on any atom is 0.355 e. The third-order valence-electron chi connectivity index (χ3n) is 7.85. The van der Waals surface area contributed by atoms with Gasteiger partial charge in [-0.05, 0) is 56.5 Å². The van der Waals surface area contributed by atoms with E-state index in [1.54, 1.807) is 35.4 Å². The Kier molecular flexibility index (Phi) is 9.25. The Morgan fingerprint density at radius 3 is 2.48 bits per heavy atom. The normalized spacial score (nSPS) is 16.6. The molecule has 1 fully saturated rings. The number of fused-ring (bicyclic) bond motifs is 1. The lowest BCUT2D eigenvalue weighted by Crippen LogP contribution is -2.58.